The molecule has 1 amide bonds. The van der Waals surface area contributed by atoms with Crippen LogP contribution in [0.15, 0.2) is 23.3 Å². The average molecular weight is 288 g/mol. The third kappa shape index (κ3) is 3.89. The van der Waals surface area contributed by atoms with Crippen molar-refractivity contribution in [1.82, 2.24) is 5.32 Å². The van der Waals surface area contributed by atoms with E-state index in [1.165, 1.54) is 0 Å². The lowest BCUT2D eigenvalue weighted by molar-refractivity contribution is -0.138. The van der Waals surface area contributed by atoms with Gasteiger partial charge in [0.15, 0.2) is 0 Å². The van der Waals surface area contributed by atoms with Crippen molar-refractivity contribution in [1.29, 1.82) is 0 Å². The molecule has 0 fully saturated rings. The first kappa shape index (κ1) is 15.3. The van der Waals surface area contributed by atoms with Crippen molar-refractivity contribution >= 4 is 17.6 Å². The summed E-state index contributed by atoms with van der Waals surface area (Å²) in [4.78, 5) is 24.1. The molecule has 7 nitrogen and oxygen atoms in total. The molecule has 0 bridgehead atoms. The highest BCUT2D eigenvalue weighted by molar-refractivity contribution is 5.97. The van der Waals surface area contributed by atoms with E-state index in [-0.39, 0.29) is 5.69 Å². The maximum atomic E-state index is 12.8. The molecule has 0 aliphatic rings. The molecule has 0 radical (unpaired) electrons. The zero-order valence-corrected chi connectivity index (χ0v) is 9.68. The summed E-state index contributed by atoms with van der Waals surface area (Å²) < 4.78 is 38.4. The summed E-state index contributed by atoms with van der Waals surface area (Å²) in [6.07, 6.45) is -4.85. The van der Waals surface area contributed by atoms with Crippen LogP contribution in [-0.2, 0) is 11.0 Å². The van der Waals surface area contributed by atoms with Crippen molar-refractivity contribution in [3.8, 4) is 0 Å². The topological polar surface area (TPSA) is 115 Å². The van der Waals surface area contributed by atoms with Gasteiger partial charge in [-0.1, -0.05) is 11.2 Å². The lowest BCUT2D eigenvalue weighted by atomic mass is 10.1. The number of rotatable bonds is 4. The third-order valence-corrected chi connectivity index (χ3v) is 2.11. The van der Waals surface area contributed by atoms with Crippen LogP contribution in [0.4, 0.5) is 18.9 Å². The molecule has 0 atom stereocenters. The summed E-state index contributed by atoms with van der Waals surface area (Å²) >= 11 is 0. The summed E-state index contributed by atoms with van der Waals surface area (Å²) in [5.74, 6) is -2.58. The van der Waals surface area contributed by atoms with Crippen molar-refractivity contribution in [3.63, 3.8) is 0 Å². The fraction of sp³-hybridized carbons (Fsp3) is 0.200. The molecule has 0 aromatic heterocycles. The summed E-state index contributed by atoms with van der Waals surface area (Å²) in [7, 11) is 0. The Kier molecular flexibility index (Phi) is 4.54. The van der Waals surface area contributed by atoms with Crippen molar-refractivity contribution in [2.75, 3.05) is 6.54 Å². The predicted molar refractivity (Wildman–Crippen MR) is 60.2 cm³/mol. The second-order valence-electron chi connectivity index (χ2n) is 3.49. The van der Waals surface area contributed by atoms with Crippen LogP contribution in [-0.4, -0.2) is 23.5 Å². The molecule has 0 spiro atoms. The number of benzene rings is 1. The van der Waals surface area contributed by atoms with Crippen LogP contribution in [0, 0.1) is 0 Å². The number of azide groups is 1. The van der Waals surface area contributed by atoms with Gasteiger partial charge in [0, 0.05) is 10.6 Å². The summed E-state index contributed by atoms with van der Waals surface area (Å²) in [6.45, 7) is -0.811. The van der Waals surface area contributed by atoms with E-state index >= 15 is 0 Å². The summed E-state index contributed by atoms with van der Waals surface area (Å²) in [5.41, 5.74) is 5.79. The maximum Gasteiger partial charge on any atom is 0.417 e. The number of halogens is 3. The normalized spacial score (nSPS) is 10.6. The maximum absolute atomic E-state index is 12.8. The summed E-state index contributed by atoms with van der Waals surface area (Å²) in [5, 5.41) is 13.2. The quantitative estimate of drug-likeness (QED) is 0.503. The van der Waals surface area contributed by atoms with Crippen LogP contribution < -0.4 is 5.32 Å². The predicted octanol–water partition coefficient (Wildman–Crippen LogP) is 2.46. The van der Waals surface area contributed by atoms with Gasteiger partial charge in [0.05, 0.1) is 11.1 Å². The highest BCUT2D eigenvalue weighted by Gasteiger charge is 2.35. The van der Waals surface area contributed by atoms with E-state index in [0.717, 1.165) is 12.1 Å². The largest absolute Gasteiger partial charge is 0.480 e. The number of alkyl halides is 3. The SMILES string of the molecule is [N-]=[N+]=Nc1ccc(C(=O)NCC(=O)O)c(C(F)(F)F)c1. The van der Waals surface area contributed by atoms with Crippen LogP contribution in [0.1, 0.15) is 15.9 Å². The molecular weight excluding hydrogens is 281 g/mol. The molecule has 0 saturated heterocycles. The van der Waals surface area contributed by atoms with E-state index in [1.807, 2.05) is 5.32 Å². The number of carboxylic acid groups (broad SMARTS) is 1. The summed E-state index contributed by atoms with van der Waals surface area (Å²) in [6, 6.07) is 2.34. The molecule has 0 aliphatic heterocycles. The van der Waals surface area contributed by atoms with E-state index in [4.69, 9.17) is 10.6 Å². The molecule has 0 heterocycles. The highest BCUT2D eigenvalue weighted by atomic mass is 19.4. The standard InChI is InChI=1S/C10H7F3N4O3/c11-10(12,13)7-3-5(16-17-14)1-2-6(7)9(20)15-4-8(18)19/h1-3H,4H2,(H,15,20)(H,18,19). The van der Waals surface area contributed by atoms with Crippen LogP contribution in [0.3, 0.4) is 0 Å². The lowest BCUT2D eigenvalue weighted by Gasteiger charge is -2.12. The Labute approximate surface area is 109 Å². The zero-order valence-electron chi connectivity index (χ0n) is 9.68. The molecule has 106 valence electrons. The smallest absolute Gasteiger partial charge is 0.417 e. The molecule has 0 saturated carbocycles. The second kappa shape index (κ2) is 5.93. The van der Waals surface area contributed by atoms with E-state index in [0.29, 0.717) is 6.07 Å². The first-order valence-corrected chi connectivity index (χ1v) is 5.02. The molecule has 10 heteroatoms. The van der Waals surface area contributed by atoms with Crippen LogP contribution >= 0.6 is 0 Å². The molecule has 2 N–H and O–H groups in total. The van der Waals surface area contributed by atoms with E-state index in [2.05, 4.69) is 10.0 Å². The zero-order chi connectivity index (χ0) is 15.3. The van der Waals surface area contributed by atoms with Gasteiger partial charge in [0.25, 0.3) is 5.91 Å². The number of carbonyl (C=O) groups excluding carboxylic acids is 1. The Morgan fingerprint density at radius 3 is 2.55 bits per heavy atom. The number of aliphatic carboxylic acids is 1. The minimum absolute atomic E-state index is 0.311. The highest BCUT2D eigenvalue weighted by Crippen LogP contribution is 2.34. The molecule has 1 aromatic carbocycles. The van der Waals surface area contributed by atoms with Crippen LogP contribution in [0.25, 0.3) is 10.4 Å². The number of hydrogen-bond acceptors (Lipinski definition) is 3. The first-order chi connectivity index (χ1) is 9.25. The Hall–Kier alpha value is -2.74. The van der Waals surface area contributed by atoms with Gasteiger partial charge in [0.2, 0.25) is 0 Å². The van der Waals surface area contributed by atoms with Gasteiger partial charge in [-0.05, 0) is 17.7 Å². The molecule has 1 aromatic rings. The number of carbonyl (C=O) groups is 2. The van der Waals surface area contributed by atoms with Crippen molar-refractivity contribution < 1.29 is 27.9 Å². The second-order valence-corrected chi connectivity index (χ2v) is 3.49. The third-order valence-electron chi connectivity index (χ3n) is 2.11. The Morgan fingerprint density at radius 2 is 2.05 bits per heavy atom. The Balaban J connectivity index is 3.21. The van der Waals surface area contributed by atoms with Gasteiger partial charge in [-0.15, -0.1) is 0 Å². The minimum atomic E-state index is -4.85. The molecule has 0 unspecified atom stereocenters. The monoisotopic (exact) mass is 288 g/mol. The van der Waals surface area contributed by atoms with Crippen molar-refractivity contribution in [2.45, 2.75) is 6.18 Å². The van der Waals surface area contributed by atoms with Crippen molar-refractivity contribution in [3.05, 3.63) is 39.8 Å². The van der Waals surface area contributed by atoms with Crippen molar-refractivity contribution in [2.24, 2.45) is 5.11 Å². The number of hydrogen-bond donors (Lipinski definition) is 2. The fourth-order valence-corrected chi connectivity index (χ4v) is 1.33. The van der Waals surface area contributed by atoms with E-state index < -0.39 is 35.7 Å². The van der Waals surface area contributed by atoms with Gasteiger partial charge in [-0.2, -0.15) is 13.2 Å². The minimum Gasteiger partial charge on any atom is -0.480 e. The van der Waals surface area contributed by atoms with Crippen LogP contribution in [0.5, 0.6) is 0 Å². The van der Waals surface area contributed by atoms with Gasteiger partial charge in [-0.3, -0.25) is 9.59 Å². The molecular formula is C10H7F3N4O3. The van der Waals surface area contributed by atoms with E-state index in [1.54, 1.807) is 0 Å². The van der Waals surface area contributed by atoms with Gasteiger partial charge < -0.3 is 10.4 Å². The number of carboxylic acids is 1. The van der Waals surface area contributed by atoms with Gasteiger partial charge in [0.1, 0.15) is 6.54 Å². The number of amides is 1. The fourth-order valence-electron chi connectivity index (χ4n) is 1.33. The molecule has 1 rings (SSSR count). The average Bonchev–Trinajstić information content (AvgIpc) is 2.35. The van der Waals surface area contributed by atoms with Gasteiger partial charge in [-0.25, -0.2) is 0 Å². The molecule has 0 aliphatic carbocycles. The van der Waals surface area contributed by atoms with E-state index in [9.17, 15) is 22.8 Å². The lowest BCUT2D eigenvalue weighted by Crippen LogP contribution is -2.30. The number of nitrogens with one attached hydrogen (secondary N) is 1. The Morgan fingerprint density at radius 1 is 1.40 bits per heavy atom. The van der Waals surface area contributed by atoms with Crippen LogP contribution in [0.2, 0.25) is 0 Å². The van der Waals surface area contributed by atoms with Gasteiger partial charge >= 0.3 is 12.1 Å². The Bertz CT molecular complexity index is 594. The first-order valence-electron chi connectivity index (χ1n) is 5.02. The molecule has 20 heavy (non-hydrogen) atoms. The number of nitrogens with zero attached hydrogens (tertiary/aromatic N) is 3.